The molecule has 8 heteroatoms. The fraction of sp³-hybridized carbons (Fsp3) is 0.882. The van der Waals surface area contributed by atoms with Crippen LogP contribution in [-0.2, 0) is 14.3 Å². The maximum atomic E-state index is 11.2. The van der Waals surface area contributed by atoms with Crippen molar-refractivity contribution in [2.24, 2.45) is 10.9 Å². The predicted octanol–water partition coefficient (Wildman–Crippen LogP) is 1.47. The quantitative estimate of drug-likeness (QED) is 0.230. The van der Waals surface area contributed by atoms with Crippen molar-refractivity contribution in [2.75, 3.05) is 53.0 Å². The fourth-order valence-corrected chi connectivity index (χ4v) is 2.75. The summed E-state index contributed by atoms with van der Waals surface area (Å²) >= 11 is 0. The van der Waals surface area contributed by atoms with Gasteiger partial charge in [0.2, 0.25) is 0 Å². The third-order valence-corrected chi connectivity index (χ3v) is 3.96. The van der Waals surface area contributed by atoms with Crippen molar-refractivity contribution in [3.63, 3.8) is 0 Å². The number of hydrogen-bond donors (Lipinski definition) is 2. The molecule has 1 atom stereocenters. The van der Waals surface area contributed by atoms with Gasteiger partial charge in [-0.3, -0.25) is 14.7 Å². The summed E-state index contributed by atoms with van der Waals surface area (Å²) in [4.78, 5) is 18.4. The number of esters is 1. The van der Waals surface area contributed by atoms with Crippen LogP contribution in [0.2, 0.25) is 0 Å². The molecule has 0 amide bonds. The number of ether oxygens (including phenoxy) is 2. The summed E-state index contributed by atoms with van der Waals surface area (Å²) in [5.41, 5.74) is 0. The Morgan fingerprint density at radius 3 is 2.52 bits per heavy atom. The molecule has 0 saturated carbocycles. The minimum Gasteiger partial charge on any atom is -0.469 e. The lowest BCUT2D eigenvalue weighted by Gasteiger charge is -2.34. The molecule has 0 aromatic carbocycles. The smallest absolute Gasteiger partial charge is 0.307 e. The van der Waals surface area contributed by atoms with Crippen LogP contribution >= 0.6 is 24.0 Å². The minimum absolute atomic E-state index is 0. The maximum absolute atomic E-state index is 11.2. The molecule has 1 saturated heterocycles. The second-order valence-electron chi connectivity index (χ2n) is 6.40. The van der Waals surface area contributed by atoms with E-state index in [0.29, 0.717) is 24.9 Å². The van der Waals surface area contributed by atoms with Crippen LogP contribution in [0.15, 0.2) is 4.99 Å². The lowest BCUT2D eigenvalue weighted by Crippen LogP contribution is -2.46. The first-order valence-corrected chi connectivity index (χ1v) is 8.97. The van der Waals surface area contributed by atoms with Crippen LogP contribution in [0.25, 0.3) is 0 Å². The number of nitrogens with one attached hydrogen (secondary N) is 2. The molecule has 0 aliphatic carbocycles. The first-order valence-electron chi connectivity index (χ1n) is 8.97. The normalized spacial score (nSPS) is 16.9. The molecule has 0 aromatic heterocycles. The van der Waals surface area contributed by atoms with E-state index in [-0.39, 0.29) is 29.9 Å². The number of rotatable bonds is 9. The molecule has 2 N–H and O–H groups in total. The maximum Gasteiger partial charge on any atom is 0.307 e. The SMILES string of the molecule is CCNC(=NCC(CC(C)C)N1CCOCC1)NCCC(=O)OC.I. The lowest BCUT2D eigenvalue weighted by atomic mass is 10.0. The highest BCUT2D eigenvalue weighted by Crippen LogP contribution is 2.14. The van der Waals surface area contributed by atoms with Gasteiger partial charge >= 0.3 is 5.97 Å². The summed E-state index contributed by atoms with van der Waals surface area (Å²) in [7, 11) is 1.40. The highest BCUT2D eigenvalue weighted by molar-refractivity contribution is 14.0. The van der Waals surface area contributed by atoms with E-state index in [0.717, 1.165) is 51.8 Å². The third-order valence-electron chi connectivity index (χ3n) is 3.96. The summed E-state index contributed by atoms with van der Waals surface area (Å²) in [6.45, 7) is 12.1. The Morgan fingerprint density at radius 2 is 1.96 bits per heavy atom. The van der Waals surface area contributed by atoms with Gasteiger partial charge in [0.1, 0.15) is 0 Å². The van der Waals surface area contributed by atoms with Crippen molar-refractivity contribution < 1.29 is 14.3 Å². The van der Waals surface area contributed by atoms with Gasteiger partial charge in [-0.25, -0.2) is 0 Å². The van der Waals surface area contributed by atoms with Crippen LogP contribution in [0.1, 0.15) is 33.6 Å². The van der Waals surface area contributed by atoms with Gasteiger partial charge in [0.05, 0.1) is 33.3 Å². The van der Waals surface area contributed by atoms with E-state index in [1.54, 1.807) is 0 Å². The summed E-state index contributed by atoms with van der Waals surface area (Å²) in [6.07, 6.45) is 1.45. The Morgan fingerprint density at radius 1 is 1.28 bits per heavy atom. The Bertz CT molecular complexity index is 388. The van der Waals surface area contributed by atoms with Crippen LogP contribution in [-0.4, -0.2) is 75.9 Å². The van der Waals surface area contributed by atoms with Crippen LogP contribution < -0.4 is 10.6 Å². The number of morpholine rings is 1. The van der Waals surface area contributed by atoms with Gasteiger partial charge in [-0.1, -0.05) is 13.8 Å². The van der Waals surface area contributed by atoms with Crippen molar-refractivity contribution >= 4 is 35.9 Å². The molecule has 1 heterocycles. The molecule has 1 aliphatic heterocycles. The van der Waals surface area contributed by atoms with E-state index >= 15 is 0 Å². The van der Waals surface area contributed by atoms with Gasteiger partial charge in [-0.2, -0.15) is 0 Å². The van der Waals surface area contributed by atoms with E-state index in [1.165, 1.54) is 7.11 Å². The molecule has 7 nitrogen and oxygen atoms in total. The highest BCUT2D eigenvalue weighted by Gasteiger charge is 2.21. The fourth-order valence-electron chi connectivity index (χ4n) is 2.75. The van der Waals surface area contributed by atoms with Crippen LogP contribution in [0.5, 0.6) is 0 Å². The highest BCUT2D eigenvalue weighted by atomic mass is 127. The molecule has 1 aliphatic rings. The second kappa shape index (κ2) is 14.5. The Balaban J connectivity index is 0.00000576. The van der Waals surface area contributed by atoms with Gasteiger partial charge < -0.3 is 20.1 Å². The average molecular weight is 470 g/mol. The molecule has 0 bridgehead atoms. The van der Waals surface area contributed by atoms with Crippen molar-refractivity contribution in [1.29, 1.82) is 0 Å². The molecule has 1 unspecified atom stereocenters. The van der Waals surface area contributed by atoms with Crippen molar-refractivity contribution in [2.45, 2.75) is 39.7 Å². The van der Waals surface area contributed by atoms with Gasteiger partial charge in [0, 0.05) is 32.2 Å². The molecule has 25 heavy (non-hydrogen) atoms. The molecule has 0 spiro atoms. The zero-order valence-electron chi connectivity index (χ0n) is 16.0. The standard InChI is InChI=1S/C17H34N4O3.HI/c1-5-18-17(19-7-6-16(22)23-4)20-13-15(12-14(2)3)21-8-10-24-11-9-21;/h14-15H,5-13H2,1-4H3,(H2,18,19,20);1H. The van der Waals surface area contributed by atoms with Gasteiger partial charge in [0.25, 0.3) is 0 Å². The number of guanidine groups is 1. The summed E-state index contributed by atoms with van der Waals surface area (Å²) in [5, 5.41) is 6.42. The molecular formula is C17H35IN4O3. The Labute approximate surface area is 169 Å². The number of methoxy groups -OCH3 is 1. The average Bonchev–Trinajstić information content (AvgIpc) is 2.58. The van der Waals surface area contributed by atoms with Crippen LogP contribution in [0, 0.1) is 5.92 Å². The first-order chi connectivity index (χ1) is 11.6. The number of hydrogen-bond acceptors (Lipinski definition) is 5. The van der Waals surface area contributed by atoms with E-state index in [4.69, 9.17) is 9.73 Å². The molecule has 148 valence electrons. The second-order valence-corrected chi connectivity index (χ2v) is 6.40. The topological polar surface area (TPSA) is 75.2 Å². The zero-order chi connectivity index (χ0) is 17.8. The molecule has 0 radical (unpaired) electrons. The lowest BCUT2D eigenvalue weighted by molar-refractivity contribution is -0.140. The third kappa shape index (κ3) is 10.9. The summed E-state index contributed by atoms with van der Waals surface area (Å²) in [6, 6.07) is 0.421. The largest absolute Gasteiger partial charge is 0.469 e. The van der Waals surface area contributed by atoms with Gasteiger partial charge in [0.15, 0.2) is 5.96 Å². The van der Waals surface area contributed by atoms with Crippen LogP contribution in [0.4, 0.5) is 0 Å². The van der Waals surface area contributed by atoms with E-state index in [1.807, 2.05) is 6.92 Å². The van der Waals surface area contributed by atoms with E-state index in [2.05, 4.69) is 34.1 Å². The van der Waals surface area contributed by atoms with E-state index < -0.39 is 0 Å². The molecular weight excluding hydrogens is 435 g/mol. The monoisotopic (exact) mass is 470 g/mol. The Hall–Kier alpha value is -0.610. The van der Waals surface area contributed by atoms with Crippen LogP contribution in [0.3, 0.4) is 0 Å². The number of aliphatic imine (C=N–C) groups is 1. The number of nitrogens with zero attached hydrogens (tertiary/aromatic N) is 2. The molecule has 1 rings (SSSR count). The number of carbonyl (C=O) groups excluding carboxylic acids is 1. The minimum atomic E-state index is -0.218. The summed E-state index contributed by atoms with van der Waals surface area (Å²) < 4.78 is 10.1. The number of carbonyl (C=O) groups is 1. The summed E-state index contributed by atoms with van der Waals surface area (Å²) in [5.74, 6) is 1.16. The van der Waals surface area contributed by atoms with E-state index in [9.17, 15) is 4.79 Å². The van der Waals surface area contributed by atoms with Gasteiger partial charge in [-0.15, -0.1) is 24.0 Å². The zero-order valence-corrected chi connectivity index (χ0v) is 18.4. The van der Waals surface area contributed by atoms with Gasteiger partial charge in [-0.05, 0) is 19.3 Å². The predicted molar refractivity (Wildman–Crippen MR) is 112 cm³/mol. The molecule has 1 fully saturated rings. The molecule has 0 aromatic rings. The Kier molecular flexibility index (Phi) is 14.2. The van der Waals surface area contributed by atoms with Crippen molar-refractivity contribution in [1.82, 2.24) is 15.5 Å². The number of halogens is 1. The first kappa shape index (κ1) is 24.4. The van der Waals surface area contributed by atoms with Crippen molar-refractivity contribution in [3.05, 3.63) is 0 Å². The van der Waals surface area contributed by atoms with Crippen molar-refractivity contribution in [3.8, 4) is 0 Å².